The molecule has 2 amide bonds. The van der Waals surface area contributed by atoms with Gasteiger partial charge in [0.25, 0.3) is 0 Å². The number of morpholine rings is 1. The molecule has 1 aromatic rings. The molecule has 2 aliphatic rings. The van der Waals surface area contributed by atoms with Gasteiger partial charge in [0.15, 0.2) is 0 Å². The number of benzene rings is 1. The number of halogens is 1. The summed E-state index contributed by atoms with van der Waals surface area (Å²) in [4.78, 5) is 28.7. The molecular weight excluding hydrogens is 328 g/mol. The number of ether oxygens (including phenoxy) is 1. The summed E-state index contributed by atoms with van der Waals surface area (Å²) in [6.45, 7) is 2.98. The smallest absolute Gasteiger partial charge is 0.247 e. The number of hydrogen-bond acceptors (Lipinski definition) is 3. The number of carbonyl (C=O) groups excluding carboxylic acids is 2. The van der Waals surface area contributed by atoms with E-state index >= 15 is 0 Å². The van der Waals surface area contributed by atoms with E-state index in [4.69, 9.17) is 16.3 Å². The number of nitrogens with zero attached hydrogens (tertiary/aromatic N) is 2. The average Bonchev–Trinajstić information content (AvgIpc) is 3.09. The van der Waals surface area contributed by atoms with Crippen molar-refractivity contribution in [2.45, 2.75) is 18.9 Å². The van der Waals surface area contributed by atoms with Gasteiger partial charge in [0.05, 0.1) is 13.2 Å². The summed E-state index contributed by atoms with van der Waals surface area (Å²) in [7, 11) is 0. The first-order chi connectivity index (χ1) is 11.6. The number of carbonyl (C=O) groups is 2. The van der Waals surface area contributed by atoms with Gasteiger partial charge in [0, 0.05) is 30.7 Å². The van der Waals surface area contributed by atoms with E-state index in [0.717, 1.165) is 18.4 Å². The van der Waals surface area contributed by atoms with Gasteiger partial charge in [0.2, 0.25) is 11.8 Å². The summed E-state index contributed by atoms with van der Waals surface area (Å²) in [5.41, 5.74) is 0.867. The molecule has 128 valence electrons. The highest BCUT2D eigenvalue weighted by Crippen LogP contribution is 2.21. The monoisotopic (exact) mass is 348 g/mol. The van der Waals surface area contributed by atoms with Crippen molar-refractivity contribution >= 4 is 29.5 Å². The van der Waals surface area contributed by atoms with Crippen molar-refractivity contribution in [2.75, 3.05) is 32.8 Å². The van der Waals surface area contributed by atoms with Crippen LogP contribution >= 0.6 is 11.6 Å². The lowest BCUT2D eigenvalue weighted by molar-refractivity contribution is -0.144. The number of rotatable bonds is 3. The molecule has 0 aliphatic carbocycles. The number of hydrogen-bond donors (Lipinski definition) is 0. The molecule has 6 heteroatoms. The van der Waals surface area contributed by atoms with Gasteiger partial charge < -0.3 is 14.5 Å². The Morgan fingerprint density at radius 1 is 1.21 bits per heavy atom. The van der Waals surface area contributed by atoms with E-state index in [9.17, 15) is 9.59 Å². The van der Waals surface area contributed by atoms with E-state index in [1.807, 2.05) is 12.1 Å². The summed E-state index contributed by atoms with van der Waals surface area (Å²) in [6.07, 6.45) is 4.85. The highest BCUT2D eigenvalue weighted by atomic mass is 35.5. The lowest BCUT2D eigenvalue weighted by Crippen LogP contribution is -2.50. The number of likely N-dealkylation sites (tertiary alicyclic amines) is 1. The molecule has 1 atom stereocenters. The Morgan fingerprint density at radius 3 is 2.75 bits per heavy atom. The molecule has 2 saturated heterocycles. The fourth-order valence-electron chi connectivity index (χ4n) is 3.16. The summed E-state index contributed by atoms with van der Waals surface area (Å²) >= 11 is 5.95. The van der Waals surface area contributed by atoms with Crippen LogP contribution < -0.4 is 0 Å². The van der Waals surface area contributed by atoms with Crippen molar-refractivity contribution in [3.8, 4) is 0 Å². The van der Waals surface area contributed by atoms with Crippen LogP contribution in [0.4, 0.5) is 0 Å². The minimum absolute atomic E-state index is 0.0419. The first kappa shape index (κ1) is 17.0. The molecule has 2 aliphatic heterocycles. The second-order valence-electron chi connectivity index (χ2n) is 6.02. The van der Waals surface area contributed by atoms with Crippen molar-refractivity contribution in [3.63, 3.8) is 0 Å². The van der Waals surface area contributed by atoms with E-state index in [-0.39, 0.29) is 17.9 Å². The molecule has 0 spiro atoms. The Labute approximate surface area is 146 Å². The zero-order valence-corrected chi connectivity index (χ0v) is 14.2. The van der Waals surface area contributed by atoms with E-state index in [2.05, 4.69) is 0 Å². The highest BCUT2D eigenvalue weighted by molar-refractivity contribution is 6.30. The number of amides is 2. The first-order valence-corrected chi connectivity index (χ1v) is 8.64. The van der Waals surface area contributed by atoms with Gasteiger partial charge in [-0.25, -0.2) is 0 Å². The average molecular weight is 349 g/mol. The largest absolute Gasteiger partial charge is 0.378 e. The molecule has 2 fully saturated rings. The van der Waals surface area contributed by atoms with Crippen LogP contribution in [-0.2, 0) is 14.3 Å². The quantitative estimate of drug-likeness (QED) is 0.787. The molecule has 1 aromatic carbocycles. The zero-order valence-electron chi connectivity index (χ0n) is 13.5. The molecule has 0 bridgehead atoms. The third-order valence-electron chi connectivity index (χ3n) is 4.41. The van der Waals surface area contributed by atoms with Crippen molar-refractivity contribution in [1.29, 1.82) is 0 Å². The fourth-order valence-corrected chi connectivity index (χ4v) is 3.35. The SMILES string of the molecule is O=C([C@H]1CCCN1C(=O)/C=C\c1cccc(Cl)c1)N1CCOCC1. The molecule has 5 nitrogen and oxygen atoms in total. The van der Waals surface area contributed by atoms with Gasteiger partial charge in [-0.3, -0.25) is 9.59 Å². The Balaban J connectivity index is 1.65. The van der Waals surface area contributed by atoms with E-state index in [1.165, 1.54) is 6.08 Å². The van der Waals surface area contributed by atoms with Crippen molar-refractivity contribution < 1.29 is 14.3 Å². The Bertz CT molecular complexity index is 641. The van der Waals surface area contributed by atoms with Crippen molar-refractivity contribution in [1.82, 2.24) is 9.80 Å². The van der Waals surface area contributed by atoms with Gasteiger partial charge in [-0.15, -0.1) is 0 Å². The second kappa shape index (κ2) is 7.81. The minimum atomic E-state index is -0.348. The summed E-state index contributed by atoms with van der Waals surface area (Å²) in [6, 6.07) is 6.96. The van der Waals surface area contributed by atoms with Crippen LogP contribution in [0.25, 0.3) is 6.08 Å². The van der Waals surface area contributed by atoms with Crippen LogP contribution in [0.1, 0.15) is 18.4 Å². The van der Waals surface area contributed by atoms with Crippen molar-refractivity contribution in [2.24, 2.45) is 0 Å². The van der Waals surface area contributed by atoms with Crippen LogP contribution in [0.3, 0.4) is 0 Å². The van der Waals surface area contributed by atoms with E-state index in [1.54, 1.807) is 28.0 Å². The second-order valence-corrected chi connectivity index (χ2v) is 6.45. The van der Waals surface area contributed by atoms with E-state index in [0.29, 0.717) is 37.9 Å². The molecule has 0 saturated carbocycles. The van der Waals surface area contributed by atoms with Gasteiger partial charge >= 0.3 is 0 Å². The Morgan fingerprint density at radius 2 is 2.00 bits per heavy atom. The molecule has 0 N–H and O–H groups in total. The predicted octanol–water partition coefficient (Wildman–Crippen LogP) is 2.20. The van der Waals surface area contributed by atoms with Crippen LogP contribution in [-0.4, -0.2) is 60.5 Å². The lowest BCUT2D eigenvalue weighted by Gasteiger charge is -2.32. The summed E-state index contributed by atoms with van der Waals surface area (Å²) < 4.78 is 5.29. The van der Waals surface area contributed by atoms with Gasteiger partial charge in [-0.05, 0) is 36.6 Å². The molecule has 0 unspecified atom stereocenters. The molecule has 0 radical (unpaired) electrons. The molecule has 3 rings (SSSR count). The van der Waals surface area contributed by atoms with Crippen LogP contribution in [0.5, 0.6) is 0 Å². The van der Waals surface area contributed by atoms with Crippen LogP contribution in [0, 0.1) is 0 Å². The molecule has 0 aromatic heterocycles. The maximum Gasteiger partial charge on any atom is 0.247 e. The standard InChI is InChI=1S/C18H21ClN2O3/c19-15-4-1-3-14(13-15)6-7-17(22)21-8-2-5-16(21)18(23)20-9-11-24-12-10-20/h1,3-4,6-7,13,16H,2,5,8-12H2/b7-6-/t16-/m1/s1. The maximum absolute atomic E-state index is 12.7. The van der Waals surface area contributed by atoms with Crippen LogP contribution in [0.15, 0.2) is 30.3 Å². The summed E-state index contributed by atoms with van der Waals surface area (Å²) in [5.74, 6) is -0.0839. The minimum Gasteiger partial charge on any atom is -0.378 e. The van der Waals surface area contributed by atoms with E-state index < -0.39 is 0 Å². The third-order valence-corrected chi connectivity index (χ3v) is 4.65. The first-order valence-electron chi connectivity index (χ1n) is 8.26. The van der Waals surface area contributed by atoms with Gasteiger partial charge in [-0.2, -0.15) is 0 Å². The lowest BCUT2D eigenvalue weighted by atomic mass is 10.1. The topological polar surface area (TPSA) is 49.9 Å². The third kappa shape index (κ3) is 3.97. The Kier molecular flexibility index (Phi) is 5.53. The highest BCUT2D eigenvalue weighted by Gasteiger charge is 2.36. The molecule has 2 heterocycles. The summed E-state index contributed by atoms with van der Waals surface area (Å²) in [5, 5.41) is 0.631. The normalized spacial score (nSPS) is 21.5. The van der Waals surface area contributed by atoms with Gasteiger partial charge in [0.1, 0.15) is 6.04 Å². The molecular formula is C18H21ClN2O3. The molecule has 24 heavy (non-hydrogen) atoms. The van der Waals surface area contributed by atoms with Crippen LogP contribution in [0.2, 0.25) is 5.02 Å². The Hall–Kier alpha value is -1.85. The van der Waals surface area contributed by atoms with Gasteiger partial charge in [-0.1, -0.05) is 23.7 Å². The maximum atomic E-state index is 12.7. The fraction of sp³-hybridized carbons (Fsp3) is 0.444. The van der Waals surface area contributed by atoms with Crippen molar-refractivity contribution in [3.05, 3.63) is 40.9 Å². The zero-order chi connectivity index (χ0) is 16.9. The predicted molar refractivity (Wildman–Crippen MR) is 92.6 cm³/mol.